The van der Waals surface area contributed by atoms with Crippen LogP contribution in [-0.4, -0.2) is 77.0 Å². The highest BCUT2D eigenvalue weighted by Gasteiger charge is 2.36. The van der Waals surface area contributed by atoms with Gasteiger partial charge in [0.05, 0.1) is 11.6 Å². The Balaban J connectivity index is 1.37. The predicted molar refractivity (Wildman–Crippen MR) is 199 cm³/mol. The minimum atomic E-state index is -4.60. The zero-order chi connectivity index (χ0) is 39.0. The smallest absolute Gasteiger partial charge is 0.422 e. The molecule has 3 N–H and O–H groups in total. The molecule has 5 heterocycles. The summed E-state index contributed by atoms with van der Waals surface area (Å²) in [7, 11) is 0. The van der Waals surface area contributed by atoms with Crippen LogP contribution in [0.2, 0.25) is 5.02 Å². The highest BCUT2D eigenvalue weighted by Crippen LogP contribution is 2.36. The highest BCUT2D eigenvalue weighted by molar-refractivity contribution is 6.32. The Hall–Kier alpha value is -4.53. The molecule has 3 atom stereocenters. The average Bonchev–Trinajstić information content (AvgIpc) is 3.10. The van der Waals surface area contributed by atoms with Crippen LogP contribution in [0.15, 0.2) is 42.5 Å². The number of carbonyl (C=O) groups is 2. The van der Waals surface area contributed by atoms with Gasteiger partial charge in [0.1, 0.15) is 11.9 Å². The quantitative estimate of drug-likeness (QED) is 0.237. The van der Waals surface area contributed by atoms with E-state index in [0.29, 0.717) is 59.3 Å². The second-order valence-corrected chi connectivity index (χ2v) is 15.6. The van der Waals surface area contributed by atoms with Crippen molar-refractivity contribution < 1.29 is 37.0 Å². The molecule has 1 saturated carbocycles. The van der Waals surface area contributed by atoms with Gasteiger partial charge in [0.25, 0.3) is 5.91 Å². The Bertz CT molecular complexity index is 1750. The normalized spacial score (nSPS) is 21.3. The molecule has 0 saturated heterocycles. The number of halogens is 4. The third-order valence-electron chi connectivity index (χ3n) is 9.48. The number of nitrogens with zero attached hydrogens (tertiary/aromatic N) is 4. The van der Waals surface area contributed by atoms with E-state index in [0.717, 1.165) is 24.8 Å². The Morgan fingerprint density at radius 2 is 1.81 bits per heavy atom. The molecule has 2 amide bonds. The molecule has 1 fully saturated rings. The number of alkyl halides is 3. The number of benzene rings is 2. The van der Waals surface area contributed by atoms with Crippen molar-refractivity contribution in [3.63, 3.8) is 0 Å². The molecule has 2 aromatic carbocycles. The zero-order valence-electron chi connectivity index (χ0n) is 31.3. The van der Waals surface area contributed by atoms with Crippen LogP contribution in [0.5, 0.6) is 11.8 Å². The number of anilines is 3. The fourth-order valence-electron chi connectivity index (χ4n) is 6.61. The SMILES string of the molecule is CC(C)[C@H]1CC[C@H](C)C[C@@H]1OC(=O)N1CCCOc2ccc(cc2Cl)CNc2nc(nc(OCC(F)(F)F)n2)Nc2ccc(cc2)C(=O)NCC(C)(C)C1. The molecule has 54 heavy (non-hydrogen) atoms. The predicted octanol–water partition coefficient (Wildman–Crippen LogP) is 8.26. The van der Waals surface area contributed by atoms with E-state index in [9.17, 15) is 22.8 Å². The molecule has 294 valence electrons. The van der Waals surface area contributed by atoms with Gasteiger partial charge in [-0.3, -0.25) is 4.79 Å². The van der Waals surface area contributed by atoms with Crippen LogP contribution in [0.1, 0.15) is 76.2 Å². The lowest BCUT2D eigenvalue weighted by molar-refractivity contribution is -0.154. The Labute approximate surface area is 318 Å². The maximum absolute atomic E-state index is 13.9. The number of hydrogen-bond acceptors (Lipinski definition) is 10. The fraction of sp³-hybridized carbons (Fsp3) is 0.553. The number of ether oxygens (including phenoxy) is 3. The van der Waals surface area contributed by atoms with Gasteiger partial charge in [0, 0.05) is 37.4 Å². The third kappa shape index (κ3) is 12.0. The summed E-state index contributed by atoms with van der Waals surface area (Å²) in [4.78, 5) is 41.1. The molecule has 1 aliphatic carbocycles. The van der Waals surface area contributed by atoms with E-state index < -0.39 is 24.2 Å². The standard InChI is InChI=1S/C38H49ClF3N7O5/c1-23(2)28-13-7-24(3)17-31(28)54-36(51)49-15-6-16-52-30-14-8-25(18-29(30)39)19-43-33-46-34(48-35(47-33)53-22-38(40,41)42)45-27-11-9-26(10-12-27)32(50)44-20-37(4,5)21-49/h8-12,14,18,23-24,28,31H,6-7,13,15-17,19-22H2,1-5H3,(H,44,50)(H2,43,45,46,47,48)/t24-,28+,31-/m0/s1. The van der Waals surface area contributed by atoms with Gasteiger partial charge < -0.3 is 35.1 Å². The number of rotatable bonds is 4. The van der Waals surface area contributed by atoms with E-state index in [1.165, 1.54) is 0 Å². The third-order valence-corrected chi connectivity index (χ3v) is 9.77. The Kier molecular flexibility index (Phi) is 13.4. The first-order chi connectivity index (χ1) is 25.5. The van der Waals surface area contributed by atoms with E-state index >= 15 is 0 Å². The molecule has 8 rings (SSSR count). The summed E-state index contributed by atoms with van der Waals surface area (Å²) >= 11 is 6.58. The first-order valence-corrected chi connectivity index (χ1v) is 18.6. The summed E-state index contributed by atoms with van der Waals surface area (Å²) in [5.41, 5.74) is 1.03. The summed E-state index contributed by atoms with van der Waals surface area (Å²) in [6, 6.07) is 11.1. The second kappa shape index (κ2) is 17.7. The molecule has 0 unspecified atom stereocenters. The van der Waals surface area contributed by atoms with Gasteiger partial charge in [-0.05, 0) is 84.4 Å². The molecule has 3 aromatic rings. The minimum Gasteiger partial charge on any atom is -0.492 e. The average molecular weight is 776 g/mol. The Morgan fingerprint density at radius 3 is 2.52 bits per heavy atom. The number of carbonyl (C=O) groups excluding carboxylic acids is 2. The zero-order valence-corrected chi connectivity index (χ0v) is 32.0. The molecular formula is C38H49ClF3N7O5. The first-order valence-electron chi connectivity index (χ1n) is 18.2. The van der Waals surface area contributed by atoms with Gasteiger partial charge in [-0.25, -0.2) is 4.79 Å². The first kappa shape index (κ1) is 40.7. The van der Waals surface area contributed by atoms with Crippen molar-refractivity contribution in [3.8, 4) is 11.8 Å². The molecular weight excluding hydrogens is 727 g/mol. The highest BCUT2D eigenvalue weighted by atomic mass is 35.5. The van der Waals surface area contributed by atoms with Gasteiger partial charge in [0.2, 0.25) is 11.9 Å². The van der Waals surface area contributed by atoms with Crippen LogP contribution in [0.25, 0.3) is 0 Å². The summed E-state index contributed by atoms with van der Waals surface area (Å²) in [6.07, 6.45) is -1.68. The lowest BCUT2D eigenvalue weighted by Gasteiger charge is -2.39. The van der Waals surface area contributed by atoms with Crippen LogP contribution in [0.4, 0.5) is 35.5 Å². The Morgan fingerprint density at radius 1 is 1.07 bits per heavy atom. The topological polar surface area (TPSA) is 140 Å². The molecule has 0 spiro atoms. The number of hydrogen-bond donors (Lipinski definition) is 3. The summed E-state index contributed by atoms with van der Waals surface area (Å²) in [5, 5.41) is 9.23. The van der Waals surface area contributed by atoms with E-state index in [4.69, 9.17) is 25.8 Å². The van der Waals surface area contributed by atoms with Crippen molar-refractivity contribution in [3.05, 3.63) is 58.6 Å². The van der Waals surface area contributed by atoms with Gasteiger partial charge in [0.15, 0.2) is 6.61 Å². The van der Waals surface area contributed by atoms with E-state index in [1.807, 2.05) is 13.8 Å². The second-order valence-electron chi connectivity index (χ2n) is 15.2. The summed E-state index contributed by atoms with van der Waals surface area (Å²) in [5.74, 6) is 1.15. The molecule has 16 heteroatoms. The van der Waals surface area contributed by atoms with Crippen molar-refractivity contribution in [2.24, 2.45) is 23.2 Å². The van der Waals surface area contributed by atoms with Gasteiger partial charge in [-0.2, -0.15) is 28.1 Å². The van der Waals surface area contributed by atoms with E-state index in [2.05, 4.69) is 51.7 Å². The van der Waals surface area contributed by atoms with Crippen LogP contribution in [0.3, 0.4) is 0 Å². The van der Waals surface area contributed by atoms with Crippen molar-refractivity contribution in [1.82, 2.24) is 25.2 Å². The van der Waals surface area contributed by atoms with Crippen molar-refractivity contribution in [2.75, 3.05) is 43.5 Å². The lowest BCUT2D eigenvalue weighted by Crippen LogP contribution is -2.47. The molecule has 6 bridgehead atoms. The fourth-order valence-corrected chi connectivity index (χ4v) is 6.87. The monoisotopic (exact) mass is 775 g/mol. The largest absolute Gasteiger partial charge is 0.492 e. The molecule has 0 radical (unpaired) electrons. The maximum atomic E-state index is 13.9. The lowest BCUT2D eigenvalue weighted by atomic mass is 9.75. The van der Waals surface area contributed by atoms with Gasteiger partial charge in [-0.1, -0.05) is 58.7 Å². The minimum absolute atomic E-state index is 0.0463. The van der Waals surface area contributed by atoms with E-state index in [-0.39, 0.29) is 49.7 Å². The van der Waals surface area contributed by atoms with Crippen LogP contribution >= 0.6 is 11.6 Å². The molecule has 4 aliphatic heterocycles. The summed E-state index contributed by atoms with van der Waals surface area (Å²) in [6.45, 7) is 10.3. The molecule has 1 aromatic heterocycles. The number of amides is 2. The summed E-state index contributed by atoms with van der Waals surface area (Å²) < 4.78 is 55.8. The molecule has 12 nitrogen and oxygen atoms in total. The van der Waals surface area contributed by atoms with Crippen LogP contribution < -0.4 is 25.4 Å². The van der Waals surface area contributed by atoms with Crippen molar-refractivity contribution in [2.45, 2.75) is 79.1 Å². The van der Waals surface area contributed by atoms with E-state index in [1.54, 1.807) is 47.4 Å². The van der Waals surface area contributed by atoms with Crippen LogP contribution in [0, 0.1) is 23.2 Å². The van der Waals surface area contributed by atoms with Gasteiger partial charge in [-0.15, -0.1) is 0 Å². The van der Waals surface area contributed by atoms with Crippen molar-refractivity contribution >= 4 is 41.2 Å². The van der Waals surface area contributed by atoms with Gasteiger partial charge >= 0.3 is 18.3 Å². The van der Waals surface area contributed by atoms with Crippen molar-refractivity contribution in [1.29, 1.82) is 0 Å². The maximum Gasteiger partial charge on any atom is 0.422 e. The van der Waals surface area contributed by atoms with Crippen LogP contribution in [-0.2, 0) is 11.3 Å². The molecule has 5 aliphatic rings. The number of aromatic nitrogens is 3. The number of nitrogens with one attached hydrogen (secondary N) is 3.